The maximum Gasteiger partial charge on any atom is 0.278 e. The summed E-state index contributed by atoms with van der Waals surface area (Å²) < 4.78 is 15.9. The third kappa shape index (κ3) is 3.59. The summed E-state index contributed by atoms with van der Waals surface area (Å²) in [6, 6.07) is 4.78. The van der Waals surface area contributed by atoms with Gasteiger partial charge >= 0.3 is 0 Å². The molecule has 3 aromatic rings. The lowest BCUT2D eigenvalue weighted by molar-refractivity contribution is 0.0169. The molecule has 0 spiro atoms. The van der Waals surface area contributed by atoms with E-state index in [4.69, 9.17) is 9.94 Å². The number of amides is 1. The Labute approximate surface area is 143 Å². The fraction of sp³-hybridized carbons (Fsp3) is 0.176. The van der Waals surface area contributed by atoms with Crippen molar-refractivity contribution in [3.63, 3.8) is 0 Å². The first-order valence-electron chi connectivity index (χ1n) is 7.61. The minimum atomic E-state index is -0.521. The van der Waals surface area contributed by atoms with Gasteiger partial charge in [0.2, 0.25) is 0 Å². The van der Waals surface area contributed by atoms with Crippen molar-refractivity contribution in [3.05, 3.63) is 59.9 Å². The van der Waals surface area contributed by atoms with Gasteiger partial charge in [0, 0.05) is 18.6 Å². The Morgan fingerprint density at radius 2 is 2.28 bits per heavy atom. The fourth-order valence-electron chi connectivity index (χ4n) is 2.40. The fourth-order valence-corrected chi connectivity index (χ4v) is 2.40. The second-order valence-corrected chi connectivity index (χ2v) is 5.40. The SMILES string of the molecule is Cc1ccc(Nc2c(C(=O)NOCCO)cn3ccncc23)c(F)c1. The standard InChI is InChI=1S/C17H17FN4O3/c1-11-2-3-14(13(18)8-11)20-16-12(17(24)21-25-7-6-23)10-22-5-4-19-9-15(16)22/h2-5,8-10,20,23H,6-7H2,1H3,(H,21,24). The van der Waals surface area contributed by atoms with Gasteiger partial charge in [-0.15, -0.1) is 0 Å². The lowest BCUT2D eigenvalue weighted by Crippen LogP contribution is -2.25. The normalized spacial score (nSPS) is 10.8. The molecule has 0 aliphatic carbocycles. The quantitative estimate of drug-likeness (QED) is 0.471. The van der Waals surface area contributed by atoms with Gasteiger partial charge in [0.15, 0.2) is 0 Å². The van der Waals surface area contributed by atoms with Crippen LogP contribution >= 0.6 is 0 Å². The lowest BCUT2D eigenvalue weighted by atomic mass is 10.2. The van der Waals surface area contributed by atoms with Crippen LogP contribution in [0.5, 0.6) is 0 Å². The predicted octanol–water partition coefficient (Wildman–Crippen LogP) is 2.18. The summed E-state index contributed by atoms with van der Waals surface area (Å²) >= 11 is 0. The highest BCUT2D eigenvalue weighted by molar-refractivity contribution is 6.04. The van der Waals surface area contributed by atoms with Crippen molar-refractivity contribution >= 4 is 22.8 Å². The molecule has 2 aromatic heterocycles. The summed E-state index contributed by atoms with van der Waals surface area (Å²) in [5.74, 6) is -0.946. The van der Waals surface area contributed by atoms with Crippen LogP contribution in [0.15, 0.2) is 43.0 Å². The maximum atomic E-state index is 14.2. The van der Waals surface area contributed by atoms with Gasteiger partial charge in [-0.3, -0.25) is 14.6 Å². The number of nitrogens with one attached hydrogen (secondary N) is 2. The van der Waals surface area contributed by atoms with Gasteiger partial charge in [-0.1, -0.05) is 6.07 Å². The molecule has 0 radical (unpaired) electrons. The number of benzene rings is 1. The van der Waals surface area contributed by atoms with E-state index in [-0.39, 0.29) is 24.5 Å². The highest BCUT2D eigenvalue weighted by atomic mass is 19.1. The molecule has 8 heteroatoms. The van der Waals surface area contributed by atoms with E-state index in [9.17, 15) is 9.18 Å². The summed E-state index contributed by atoms with van der Waals surface area (Å²) in [5, 5.41) is 11.7. The second-order valence-electron chi connectivity index (χ2n) is 5.40. The van der Waals surface area contributed by atoms with Crippen molar-refractivity contribution in [1.82, 2.24) is 14.9 Å². The average molecular weight is 344 g/mol. The number of hydrogen-bond donors (Lipinski definition) is 3. The molecule has 0 saturated carbocycles. The molecule has 0 fully saturated rings. The van der Waals surface area contributed by atoms with Gasteiger partial charge in [-0.25, -0.2) is 9.87 Å². The molecule has 0 aliphatic rings. The molecule has 0 aliphatic heterocycles. The number of aliphatic hydroxyl groups is 1. The Bertz CT molecular complexity index is 910. The molecular weight excluding hydrogens is 327 g/mol. The van der Waals surface area contributed by atoms with Crippen LogP contribution in [-0.4, -0.2) is 33.6 Å². The molecule has 3 N–H and O–H groups in total. The molecule has 3 rings (SSSR count). The smallest absolute Gasteiger partial charge is 0.278 e. The van der Waals surface area contributed by atoms with Gasteiger partial charge in [0.1, 0.15) is 5.82 Å². The molecule has 0 atom stereocenters. The van der Waals surface area contributed by atoms with E-state index < -0.39 is 11.7 Å². The first kappa shape index (κ1) is 16.9. The number of fused-ring (bicyclic) bond motifs is 1. The number of aliphatic hydroxyl groups excluding tert-OH is 1. The molecule has 2 heterocycles. The molecule has 25 heavy (non-hydrogen) atoms. The van der Waals surface area contributed by atoms with E-state index in [0.717, 1.165) is 5.56 Å². The number of aromatic nitrogens is 2. The van der Waals surface area contributed by atoms with Crippen molar-refractivity contribution in [3.8, 4) is 0 Å². The number of anilines is 2. The van der Waals surface area contributed by atoms with Gasteiger partial charge in [0.05, 0.1) is 41.9 Å². The van der Waals surface area contributed by atoms with Crippen molar-refractivity contribution in [2.24, 2.45) is 0 Å². The number of rotatable bonds is 6. The van der Waals surface area contributed by atoms with Gasteiger partial charge in [-0.05, 0) is 24.6 Å². The number of carbonyl (C=O) groups excluding carboxylic acids is 1. The third-order valence-electron chi connectivity index (χ3n) is 3.57. The Hall–Kier alpha value is -2.97. The molecule has 130 valence electrons. The Morgan fingerprint density at radius 3 is 3.04 bits per heavy atom. The Kier molecular flexibility index (Phi) is 4.92. The molecule has 0 bridgehead atoms. The summed E-state index contributed by atoms with van der Waals surface area (Å²) in [7, 11) is 0. The van der Waals surface area contributed by atoms with Crippen LogP contribution < -0.4 is 10.8 Å². The lowest BCUT2D eigenvalue weighted by Gasteiger charge is -2.10. The highest BCUT2D eigenvalue weighted by Gasteiger charge is 2.19. The summed E-state index contributed by atoms with van der Waals surface area (Å²) in [6.07, 6.45) is 6.41. The summed E-state index contributed by atoms with van der Waals surface area (Å²) in [4.78, 5) is 21.3. The van der Waals surface area contributed by atoms with E-state index in [0.29, 0.717) is 11.2 Å². The summed E-state index contributed by atoms with van der Waals surface area (Å²) in [5.41, 5.74) is 4.55. The van der Waals surface area contributed by atoms with Gasteiger partial charge < -0.3 is 14.8 Å². The van der Waals surface area contributed by atoms with Gasteiger partial charge in [0.25, 0.3) is 5.91 Å². The van der Waals surface area contributed by atoms with Crippen LogP contribution in [0, 0.1) is 12.7 Å². The molecule has 0 unspecified atom stereocenters. The van der Waals surface area contributed by atoms with Crippen LogP contribution in [0.4, 0.5) is 15.8 Å². The number of carbonyl (C=O) groups is 1. The van der Waals surface area contributed by atoms with Crippen LogP contribution in [0.1, 0.15) is 15.9 Å². The summed E-state index contributed by atoms with van der Waals surface area (Å²) in [6.45, 7) is 1.54. The zero-order valence-electron chi connectivity index (χ0n) is 13.5. The molecular formula is C17H17FN4O3. The minimum Gasteiger partial charge on any atom is -0.394 e. The van der Waals surface area contributed by atoms with Crippen LogP contribution in [-0.2, 0) is 4.84 Å². The van der Waals surface area contributed by atoms with Crippen molar-refractivity contribution in [1.29, 1.82) is 0 Å². The molecule has 1 aromatic carbocycles. The Balaban J connectivity index is 1.99. The average Bonchev–Trinajstić information content (AvgIpc) is 2.96. The maximum absolute atomic E-state index is 14.2. The van der Waals surface area contributed by atoms with E-state index in [1.807, 2.05) is 0 Å². The molecule has 1 amide bonds. The second kappa shape index (κ2) is 7.29. The largest absolute Gasteiger partial charge is 0.394 e. The highest BCUT2D eigenvalue weighted by Crippen LogP contribution is 2.29. The number of hydroxylamine groups is 1. The van der Waals surface area contributed by atoms with E-state index in [2.05, 4.69) is 15.8 Å². The zero-order valence-corrected chi connectivity index (χ0v) is 13.5. The molecule has 7 nitrogen and oxygen atoms in total. The van der Waals surface area contributed by atoms with E-state index >= 15 is 0 Å². The molecule has 0 saturated heterocycles. The minimum absolute atomic E-state index is 0.0317. The topological polar surface area (TPSA) is 87.9 Å². The van der Waals surface area contributed by atoms with Crippen LogP contribution in [0.3, 0.4) is 0 Å². The van der Waals surface area contributed by atoms with Gasteiger partial charge in [-0.2, -0.15) is 0 Å². The van der Waals surface area contributed by atoms with Crippen molar-refractivity contribution < 1.29 is 19.1 Å². The zero-order chi connectivity index (χ0) is 17.8. The first-order valence-corrected chi connectivity index (χ1v) is 7.61. The number of hydrogen-bond acceptors (Lipinski definition) is 5. The number of nitrogens with zero attached hydrogens (tertiary/aromatic N) is 2. The van der Waals surface area contributed by atoms with Crippen LogP contribution in [0.25, 0.3) is 5.52 Å². The first-order chi connectivity index (χ1) is 12.1. The van der Waals surface area contributed by atoms with Crippen molar-refractivity contribution in [2.45, 2.75) is 6.92 Å². The van der Waals surface area contributed by atoms with Crippen molar-refractivity contribution in [2.75, 3.05) is 18.5 Å². The monoisotopic (exact) mass is 344 g/mol. The predicted molar refractivity (Wildman–Crippen MR) is 90.1 cm³/mol. The third-order valence-corrected chi connectivity index (χ3v) is 3.57. The van der Waals surface area contributed by atoms with Crippen LogP contribution in [0.2, 0.25) is 0 Å². The van der Waals surface area contributed by atoms with E-state index in [1.54, 1.807) is 48.2 Å². The number of halogens is 1. The Morgan fingerprint density at radius 1 is 1.44 bits per heavy atom. The number of aryl methyl sites for hydroxylation is 1. The van der Waals surface area contributed by atoms with E-state index in [1.165, 1.54) is 6.07 Å².